The Bertz CT molecular complexity index is 863. The van der Waals surface area contributed by atoms with Gasteiger partial charge in [-0.15, -0.1) is 0 Å². The summed E-state index contributed by atoms with van der Waals surface area (Å²) in [5, 5.41) is 0. The van der Waals surface area contributed by atoms with E-state index < -0.39 is 10.8 Å². The van der Waals surface area contributed by atoms with Crippen molar-refractivity contribution in [3.8, 4) is 0 Å². The first kappa shape index (κ1) is 21.3. The van der Waals surface area contributed by atoms with Crippen LogP contribution in [0.25, 0.3) is 0 Å². The molecule has 2 heterocycles. The normalized spacial score (nSPS) is 19.7. The Morgan fingerprint density at radius 3 is 2.37 bits per heavy atom. The van der Waals surface area contributed by atoms with Gasteiger partial charge in [0.15, 0.2) is 5.76 Å². The molecule has 5 nitrogen and oxygen atoms in total. The molecule has 6 heteroatoms. The maximum Gasteiger partial charge on any atom is 0.289 e. The Kier molecular flexibility index (Phi) is 7.05. The van der Waals surface area contributed by atoms with Crippen LogP contribution in [0, 0.1) is 6.92 Å². The minimum atomic E-state index is -1.07. The Morgan fingerprint density at radius 1 is 0.967 bits per heavy atom. The molecular weight excluding hydrogens is 396 g/mol. The predicted octanol–water partition coefficient (Wildman–Crippen LogP) is 4.13. The van der Waals surface area contributed by atoms with Gasteiger partial charge in [-0.05, 0) is 37.5 Å². The average molecular weight is 429 g/mol. The van der Waals surface area contributed by atoms with Crippen LogP contribution in [-0.4, -0.2) is 52.1 Å². The van der Waals surface area contributed by atoms with E-state index in [1.807, 2.05) is 36.1 Å². The van der Waals surface area contributed by atoms with Crippen LogP contribution in [0.1, 0.15) is 59.5 Å². The van der Waals surface area contributed by atoms with Crippen LogP contribution in [-0.2, 0) is 22.3 Å². The number of rotatable bonds is 6. The molecule has 0 bridgehead atoms. The standard InChI is InChI=1S/C24H32N2O3S/c1-19-7-9-20(10-8-19)17-30(28)18-22-11-12-23(29-22)24(27)26-15-13-25(14-16-26)21-5-3-2-4-6-21/h7-12,21H,2-6,13-18H2,1H3/t30-/m1/s1. The molecule has 0 radical (unpaired) electrons. The van der Waals surface area contributed by atoms with E-state index in [-0.39, 0.29) is 5.91 Å². The van der Waals surface area contributed by atoms with E-state index in [9.17, 15) is 9.00 Å². The van der Waals surface area contributed by atoms with E-state index in [1.54, 1.807) is 12.1 Å². The SMILES string of the molecule is Cc1ccc(C[S@@](=O)Cc2ccc(C(=O)N3CCN(C4CCCCC4)CC3)o2)cc1. The summed E-state index contributed by atoms with van der Waals surface area (Å²) >= 11 is 0. The summed E-state index contributed by atoms with van der Waals surface area (Å²) in [5.41, 5.74) is 2.25. The van der Waals surface area contributed by atoms with Gasteiger partial charge in [0.1, 0.15) is 5.76 Å². The molecule has 1 atom stereocenters. The first-order valence-electron chi connectivity index (χ1n) is 11.1. The van der Waals surface area contributed by atoms with Crippen molar-refractivity contribution in [2.75, 3.05) is 26.2 Å². The molecule has 1 saturated heterocycles. The van der Waals surface area contributed by atoms with E-state index in [2.05, 4.69) is 4.90 Å². The van der Waals surface area contributed by atoms with Crippen molar-refractivity contribution < 1.29 is 13.4 Å². The lowest BCUT2D eigenvalue weighted by Gasteiger charge is -2.40. The second kappa shape index (κ2) is 9.92. The number of aryl methyl sites for hydroxylation is 1. The third-order valence-electron chi connectivity index (χ3n) is 6.32. The fraction of sp³-hybridized carbons (Fsp3) is 0.542. The van der Waals surface area contributed by atoms with Gasteiger partial charge in [-0.2, -0.15) is 0 Å². The summed E-state index contributed by atoms with van der Waals surface area (Å²) in [6, 6.07) is 12.3. The third-order valence-corrected chi connectivity index (χ3v) is 7.58. The van der Waals surface area contributed by atoms with Gasteiger partial charge in [-0.25, -0.2) is 0 Å². The topological polar surface area (TPSA) is 53.8 Å². The fourth-order valence-corrected chi connectivity index (χ4v) is 5.68. The predicted molar refractivity (Wildman–Crippen MR) is 120 cm³/mol. The molecule has 0 spiro atoms. The molecule has 162 valence electrons. The quantitative estimate of drug-likeness (QED) is 0.694. The summed E-state index contributed by atoms with van der Waals surface area (Å²) in [6.07, 6.45) is 6.64. The highest BCUT2D eigenvalue weighted by Gasteiger charge is 2.28. The fourth-order valence-electron chi connectivity index (χ4n) is 4.54. The molecule has 1 aromatic heterocycles. The summed E-state index contributed by atoms with van der Waals surface area (Å²) in [6.45, 7) is 5.45. The van der Waals surface area contributed by atoms with Crippen LogP contribution in [0.2, 0.25) is 0 Å². The van der Waals surface area contributed by atoms with Gasteiger partial charge in [-0.3, -0.25) is 13.9 Å². The van der Waals surface area contributed by atoms with Crippen molar-refractivity contribution in [1.29, 1.82) is 0 Å². The number of carbonyl (C=O) groups is 1. The first-order chi connectivity index (χ1) is 14.6. The molecule has 4 rings (SSSR count). The Hall–Kier alpha value is -1.92. The van der Waals surface area contributed by atoms with E-state index in [0.717, 1.165) is 31.7 Å². The van der Waals surface area contributed by atoms with Crippen molar-refractivity contribution in [3.63, 3.8) is 0 Å². The molecule has 0 N–H and O–H groups in total. The Morgan fingerprint density at radius 2 is 1.67 bits per heavy atom. The van der Waals surface area contributed by atoms with Crippen molar-refractivity contribution in [1.82, 2.24) is 9.80 Å². The Labute approximate surface area is 181 Å². The van der Waals surface area contributed by atoms with Gasteiger partial charge < -0.3 is 9.32 Å². The minimum absolute atomic E-state index is 0.0474. The van der Waals surface area contributed by atoms with E-state index in [0.29, 0.717) is 29.1 Å². The van der Waals surface area contributed by atoms with E-state index in [4.69, 9.17) is 4.42 Å². The number of nitrogens with zero attached hydrogens (tertiary/aromatic N) is 2. The van der Waals surface area contributed by atoms with Gasteiger partial charge in [-0.1, -0.05) is 49.1 Å². The van der Waals surface area contributed by atoms with Crippen molar-refractivity contribution in [2.24, 2.45) is 0 Å². The summed E-state index contributed by atoms with van der Waals surface area (Å²) < 4.78 is 18.3. The average Bonchev–Trinajstić information content (AvgIpc) is 3.24. The van der Waals surface area contributed by atoms with Crippen molar-refractivity contribution >= 4 is 16.7 Å². The van der Waals surface area contributed by atoms with Crippen molar-refractivity contribution in [3.05, 3.63) is 59.0 Å². The zero-order valence-electron chi connectivity index (χ0n) is 17.8. The van der Waals surface area contributed by atoms with Gasteiger partial charge in [0, 0.05) is 48.8 Å². The van der Waals surface area contributed by atoms with Crippen LogP contribution >= 0.6 is 0 Å². The number of hydrogen-bond acceptors (Lipinski definition) is 4. The van der Waals surface area contributed by atoms with E-state index >= 15 is 0 Å². The van der Waals surface area contributed by atoms with Crippen LogP contribution in [0.15, 0.2) is 40.8 Å². The lowest BCUT2D eigenvalue weighted by Crippen LogP contribution is -2.52. The maximum absolute atomic E-state index is 12.8. The number of carbonyl (C=O) groups excluding carboxylic acids is 1. The summed E-state index contributed by atoms with van der Waals surface area (Å²) in [4.78, 5) is 17.3. The highest BCUT2D eigenvalue weighted by Crippen LogP contribution is 2.24. The monoisotopic (exact) mass is 428 g/mol. The van der Waals surface area contributed by atoms with Gasteiger partial charge in [0.25, 0.3) is 5.91 Å². The molecule has 2 aliphatic rings. The zero-order valence-corrected chi connectivity index (χ0v) is 18.7. The summed E-state index contributed by atoms with van der Waals surface area (Å²) in [5.74, 6) is 1.76. The highest BCUT2D eigenvalue weighted by atomic mass is 32.2. The second-order valence-electron chi connectivity index (χ2n) is 8.60. The smallest absolute Gasteiger partial charge is 0.289 e. The van der Waals surface area contributed by atoms with Crippen LogP contribution < -0.4 is 0 Å². The lowest BCUT2D eigenvalue weighted by atomic mass is 9.94. The summed E-state index contributed by atoms with van der Waals surface area (Å²) in [7, 11) is -1.07. The molecule has 2 aromatic rings. The molecular formula is C24H32N2O3S. The molecule has 1 aliphatic heterocycles. The molecule has 0 unspecified atom stereocenters. The third kappa shape index (κ3) is 5.41. The number of amides is 1. The van der Waals surface area contributed by atoms with Crippen LogP contribution in [0.3, 0.4) is 0 Å². The lowest BCUT2D eigenvalue weighted by molar-refractivity contribution is 0.0496. The van der Waals surface area contributed by atoms with Crippen LogP contribution in [0.4, 0.5) is 0 Å². The maximum atomic E-state index is 12.8. The minimum Gasteiger partial charge on any atom is -0.455 e. The zero-order chi connectivity index (χ0) is 20.9. The molecule has 2 fully saturated rings. The largest absolute Gasteiger partial charge is 0.455 e. The first-order valence-corrected chi connectivity index (χ1v) is 12.6. The van der Waals surface area contributed by atoms with E-state index in [1.165, 1.54) is 37.7 Å². The van der Waals surface area contributed by atoms with Crippen LogP contribution in [0.5, 0.6) is 0 Å². The van der Waals surface area contributed by atoms with Gasteiger partial charge >= 0.3 is 0 Å². The highest BCUT2D eigenvalue weighted by molar-refractivity contribution is 7.83. The van der Waals surface area contributed by atoms with Gasteiger partial charge in [0.05, 0.1) is 5.75 Å². The Balaban J connectivity index is 1.27. The molecule has 30 heavy (non-hydrogen) atoms. The van der Waals surface area contributed by atoms with Gasteiger partial charge in [0.2, 0.25) is 0 Å². The molecule has 1 saturated carbocycles. The number of piperazine rings is 1. The molecule has 1 aromatic carbocycles. The van der Waals surface area contributed by atoms with Crippen molar-refractivity contribution in [2.45, 2.75) is 56.6 Å². The molecule has 1 aliphatic carbocycles. The number of furan rings is 1. The number of hydrogen-bond donors (Lipinski definition) is 0. The molecule has 1 amide bonds. The second-order valence-corrected chi connectivity index (χ2v) is 10.1. The number of benzene rings is 1.